The first-order valence-electron chi connectivity index (χ1n) is 6.84. The number of thiocarbonyl (C=S) groups is 1. The summed E-state index contributed by atoms with van der Waals surface area (Å²) in [5, 5.41) is 7.51. The Balaban J connectivity index is 1.91. The van der Waals surface area contributed by atoms with E-state index in [1.165, 1.54) is 24.8 Å². The van der Waals surface area contributed by atoms with Gasteiger partial charge < -0.3 is 10.6 Å². The Bertz CT molecular complexity index is 417. The first-order valence-corrected chi connectivity index (χ1v) is 7.25. The molecule has 0 amide bonds. The van der Waals surface area contributed by atoms with Gasteiger partial charge in [-0.25, -0.2) is 0 Å². The molecule has 2 atom stereocenters. The predicted molar refractivity (Wildman–Crippen MR) is 82.0 cm³/mol. The van der Waals surface area contributed by atoms with Crippen LogP contribution in [0.25, 0.3) is 0 Å². The van der Waals surface area contributed by atoms with Crippen molar-refractivity contribution in [3.05, 3.63) is 29.8 Å². The number of rotatable bonds is 3. The van der Waals surface area contributed by atoms with Crippen molar-refractivity contribution >= 4 is 23.0 Å². The number of aryl methyl sites for hydroxylation is 1. The standard InChI is InChI=1S/C15H22N2S/c1-3-12-6-4-5-7-14(12)17-15(18)16-13-9-8-11(2)10-13/h4-7,11,13H,3,8-10H2,1-2H3,(H2,16,17,18). The van der Waals surface area contributed by atoms with E-state index < -0.39 is 0 Å². The third-order valence-electron chi connectivity index (χ3n) is 3.68. The number of nitrogens with one attached hydrogen (secondary N) is 2. The van der Waals surface area contributed by atoms with Crippen LogP contribution in [-0.2, 0) is 6.42 Å². The van der Waals surface area contributed by atoms with Gasteiger partial charge in [0.15, 0.2) is 5.11 Å². The minimum absolute atomic E-state index is 0.550. The molecular weight excluding hydrogens is 240 g/mol. The SMILES string of the molecule is CCc1ccccc1NC(=S)NC1CCC(C)C1. The zero-order valence-corrected chi connectivity index (χ0v) is 12.0. The molecule has 2 rings (SSSR count). The molecule has 1 aromatic carbocycles. The monoisotopic (exact) mass is 262 g/mol. The van der Waals surface area contributed by atoms with E-state index in [0.717, 1.165) is 23.1 Å². The van der Waals surface area contributed by atoms with Gasteiger partial charge in [0, 0.05) is 11.7 Å². The Morgan fingerprint density at radius 2 is 2.11 bits per heavy atom. The summed E-state index contributed by atoms with van der Waals surface area (Å²) in [6.45, 7) is 4.47. The number of benzene rings is 1. The quantitative estimate of drug-likeness (QED) is 0.812. The first-order chi connectivity index (χ1) is 8.69. The fourth-order valence-corrected chi connectivity index (χ4v) is 2.91. The lowest BCUT2D eigenvalue weighted by Gasteiger charge is -2.17. The van der Waals surface area contributed by atoms with Crippen molar-refractivity contribution in [3.63, 3.8) is 0 Å². The predicted octanol–water partition coefficient (Wildman–Crippen LogP) is 3.72. The molecule has 1 fully saturated rings. The molecule has 0 spiro atoms. The Labute approximate surface area is 115 Å². The Hall–Kier alpha value is -1.09. The van der Waals surface area contributed by atoms with Crippen LogP contribution in [0.1, 0.15) is 38.7 Å². The lowest BCUT2D eigenvalue weighted by Crippen LogP contribution is -2.36. The number of anilines is 1. The van der Waals surface area contributed by atoms with Crippen molar-refractivity contribution in [3.8, 4) is 0 Å². The van der Waals surface area contributed by atoms with Gasteiger partial charge in [-0.3, -0.25) is 0 Å². The maximum absolute atomic E-state index is 5.40. The molecule has 0 heterocycles. The van der Waals surface area contributed by atoms with Crippen LogP contribution in [-0.4, -0.2) is 11.2 Å². The summed E-state index contributed by atoms with van der Waals surface area (Å²) in [5.74, 6) is 0.827. The van der Waals surface area contributed by atoms with Crippen molar-refractivity contribution in [2.45, 2.75) is 45.6 Å². The van der Waals surface area contributed by atoms with Crippen LogP contribution in [0.2, 0.25) is 0 Å². The van der Waals surface area contributed by atoms with Gasteiger partial charge in [-0.1, -0.05) is 32.0 Å². The maximum atomic E-state index is 5.40. The van der Waals surface area contributed by atoms with Gasteiger partial charge in [0.2, 0.25) is 0 Å². The Kier molecular flexibility index (Phi) is 4.59. The minimum atomic E-state index is 0.550. The number of hydrogen-bond acceptors (Lipinski definition) is 1. The van der Waals surface area contributed by atoms with Gasteiger partial charge in [-0.15, -0.1) is 0 Å². The minimum Gasteiger partial charge on any atom is -0.360 e. The van der Waals surface area contributed by atoms with Crippen LogP contribution in [0.3, 0.4) is 0 Å². The highest BCUT2D eigenvalue weighted by molar-refractivity contribution is 7.80. The van der Waals surface area contributed by atoms with Gasteiger partial charge in [0.25, 0.3) is 0 Å². The molecule has 1 aromatic rings. The van der Waals surface area contributed by atoms with Gasteiger partial charge in [0.05, 0.1) is 0 Å². The van der Waals surface area contributed by atoms with Crippen LogP contribution in [0.15, 0.2) is 24.3 Å². The van der Waals surface area contributed by atoms with E-state index in [-0.39, 0.29) is 0 Å². The summed E-state index contributed by atoms with van der Waals surface area (Å²) in [6, 6.07) is 8.89. The van der Waals surface area contributed by atoms with Crippen molar-refractivity contribution in [1.29, 1.82) is 0 Å². The second-order valence-corrected chi connectivity index (χ2v) is 5.63. The highest BCUT2D eigenvalue weighted by Gasteiger charge is 2.21. The molecule has 0 radical (unpaired) electrons. The van der Waals surface area contributed by atoms with Crippen LogP contribution < -0.4 is 10.6 Å². The lowest BCUT2D eigenvalue weighted by molar-refractivity contribution is 0.572. The number of para-hydroxylation sites is 1. The molecular formula is C15H22N2S. The molecule has 18 heavy (non-hydrogen) atoms. The van der Waals surface area contributed by atoms with E-state index in [9.17, 15) is 0 Å². The van der Waals surface area contributed by atoms with Crippen LogP contribution in [0.5, 0.6) is 0 Å². The summed E-state index contributed by atoms with van der Waals surface area (Å²) in [6.07, 6.45) is 4.80. The van der Waals surface area contributed by atoms with Gasteiger partial charge in [-0.05, 0) is 55.4 Å². The second kappa shape index (κ2) is 6.19. The molecule has 98 valence electrons. The summed E-state index contributed by atoms with van der Waals surface area (Å²) in [4.78, 5) is 0. The van der Waals surface area contributed by atoms with Crippen molar-refractivity contribution in [2.75, 3.05) is 5.32 Å². The molecule has 1 aliphatic rings. The largest absolute Gasteiger partial charge is 0.360 e. The highest BCUT2D eigenvalue weighted by atomic mass is 32.1. The van der Waals surface area contributed by atoms with Crippen molar-refractivity contribution in [1.82, 2.24) is 5.32 Å². The summed E-state index contributed by atoms with van der Waals surface area (Å²) < 4.78 is 0. The molecule has 0 aromatic heterocycles. The maximum Gasteiger partial charge on any atom is 0.171 e. The van der Waals surface area contributed by atoms with Crippen LogP contribution >= 0.6 is 12.2 Å². The number of hydrogen-bond donors (Lipinski definition) is 2. The average Bonchev–Trinajstić information content (AvgIpc) is 2.75. The highest BCUT2D eigenvalue weighted by Crippen LogP contribution is 2.24. The third kappa shape index (κ3) is 3.45. The fourth-order valence-electron chi connectivity index (χ4n) is 2.63. The van der Waals surface area contributed by atoms with E-state index in [1.807, 2.05) is 6.07 Å². The second-order valence-electron chi connectivity index (χ2n) is 5.22. The summed E-state index contributed by atoms with van der Waals surface area (Å²) in [5.41, 5.74) is 2.44. The lowest BCUT2D eigenvalue weighted by atomic mass is 10.1. The molecule has 2 unspecified atom stereocenters. The molecule has 1 saturated carbocycles. The first kappa shape index (κ1) is 13.3. The van der Waals surface area contributed by atoms with Gasteiger partial charge >= 0.3 is 0 Å². The van der Waals surface area contributed by atoms with Gasteiger partial charge in [0.1, 0.15) is 0 Å². The van der Waals surface area contributed by atoms with Crippen LogP contribution in [0.4, 0.5) is 5.69 Å². The zero-order valence-electron chi connectivity index (χ0n) is 11.2. The molecule has 0 saturated heterocycles. The summed E-state index contributed by atoms with van der Waals surface area (Å²) in [7, 11) is 0. The molecule has 1 aliphatic carbocycles. The molecule has 2 nitrogen and oxygen atoms in total. The smallest absolute Gasteiger partial charge is 0.171 e. The van der Waals surface area contributed by atoms with E-state index in [1.54, 1.807) is 0 Å². The molecule has 0 aliphatic heterocycles. The van der Waals surface area contributed by atoms with Gasteiger partial charge in [-0.2, -0.15) is 0 Å². The van der Waals surface area contributed by atoms with Crippen LogP contribution in [0, 0.1) is 5.92 Å². The van der Waals surface area contributed by atoms with Crippen molar-refractivity contribution < 1.29 is 0 Å². The van der Waals surface area contributed by atoms with E-state index in [4.69, 9.17) is 12.2 Å². The van der Waals surface area contributed by atoms with E-state index >= 15 is 0 Å². The van der Waals surface area contributed by atoms with E-state index in [2.05, 4.69) is 42.7 Å². The fraction of sp³-hybridized carbons (Fsp3) is 0.533. The normalized spacial score (nSPS) is 22.8. The molecule has 3 heteroatoms. The van der Waals surface area contributed by atoms with Crippen molar-refractivity contribution in [2.24, 2.45) is 5.92 Å². The molecule has 0 bridgehead atoms. The topological polar surface area (TPSA) is 24.1 Å². The Morgan fingerprint density at radius 1 is 1.33 bits per heavy atom. The zero-order chi connectivity index (χ0) is 13.0. The molecule has 2 N–H and O–H groups in total. The Morgan fingerprint density at radius 3 is 2.78 bits per heavy atom. The third-order valence-corrected chi connectivity index (χ3v) is 3.90. The average molecular weight is 262 g/mol. The van der Waals surface area contributed by atoms with E-state index in [0.29, 0.717) is 6.04 Å². The summed E-state index contributed by atoms with van der Waals surface area (Å²) >= 11 is 5.40.